The van der Waals surface area contributed by atoms with Gasteiger partial charge in [-0.3, -0.25) is 4.90 Å². The quantitative estimate of drug-likeness (QED) is 0.759. The highest BCUT2D eigenvalue weighted by Gasteiger charge is 2.27. The molecule has 1 heterocycles. The molecule has 1 aromatic heterocycles. The van der Waals surface area contributed by atoms with Crippen molar-refractivity contribution in [3.63, 3.8) is 0 Å². The van der Waals surface area contributed by atoms with E-state index in [4.69, 9.17) is 5.73 Å². The van der Waals surface area contributed by atoms with Crippen LogP contribution in [0.3, 0.4) is 0 Å². The molecule has 3 N–H and O–H groups in total. The lowest BCUT2D eigenvalue weighted by molar-refractivity contribution is 0.289. The lowest BCUT2D eigenvalue weighted by atomic mass is 10.4. The Morgan fingerprint density at radius 2 is 2.40 bits per heavy atom. The molecule has 0 unspecified atom stereocenters. The van der Waals surface area contributed by atoms with Crippen molar-refractivity contribution in [2.45, 2.75) is 25.8 Å². The maximum Gasteiger partial charge on any atom is 0.233 e. The zero-order chi connectivity index (χ0) is 10.7. The van der Waals surface area contributed by atoms with Crippen molar-refractivity contribution in [2.75, 3.05) is 30.7 Å². The Kier molecular flexibility index (Phi) is 3.37. The Hall–Kier alpha value is -0.880. The number of nitrogens with zero attached hydrogens (tertiary/aromatic N) is 3. The number of rotatable bonds is 6. The van der Waals surface area contributed by atoms with Crippen molar-refractivity contribution in [3.8, 4) is 0 Å². The Bertz CT molecular complexity index is 309. The molecular formula is C9H17N5S. The highest BCUT2D eigenvalue weighted by molar-refractivity contribution is 7.09. The van der Waals surface area contributed by atoms with Gasteiger partial charge in [0, 0.05) is 30.7 Å². The molecule has 0 saturated heterocycles. The average Bonchev–Trinajstić information content (AvgIpc) is 2.98. The normalized spacial score (nSPS) is 15.9. The smallest absolute Gasteiger partial charge is 0.233 e. The van der Waals surface area contributed by atoms with Gasteiger partial charge in [-0.05, 0) is 19.4 Å². The maximum absolute atomic E-state index is 5.43. The summed E-state index contributed by atoms with van der Waals surface area (Å²) in [5, 5.41) is 4.06. The van der Waals surface area contributed by atoms with Crippen LogP contribution in [0.5, 0.6) is 0 Å². The fourth-order valence-electron chi connectivity index (χ4n) is 1.65. The summed E-state index contributed by atoms with van der Waals surface area (Å²) in [6.07, 6.45) is 2.72. The predicted octanol–water partition coefficient (Wildman–Crippen LogP) is 1.02. The van der Waals surface area contributed by atoms with Gasteiger partial charge in [-0.1, -0.05) is 6.92 Å². The lowest BCUT2D eigenvalue weighted by Gasteiger charge is -2.19. The average molecular weight is 227 g/mol. The monoisotopic (exact) mass is 227 g/mol. The van der Waals surface area contributed by atoms with Gasteiger partial charge in [0.25, 0.3) is 0 Å². The SMILES string of the molecule is CCN(CCNc1nc(N)ns1)C1CC1. The van der Waals surface area contributed by atoms with Crippen LogP contribution in [0, 0.1) is 0 Å². The topological polar surface area (TPSA) is 67.1 Å². The van der Waals surface area contributed by atoms with Crippen molar-refractivity contribution in [1.82, 2.24) is 14.3 Å². The molecule has 1 aliphatic rings. The molecule has 0 atom stereocenters. The molecule has 1 aliphatic carbocycles. The number of hydrogen-bond donors (Lipinski definition) is 2. The van der Waals surface area contributed by atoms with Crippen LogP contribution in [0.1, 0.15) is 19.8 Å². The van der Waals surface area contributed by atoms with E-state index < -0.39 is 0 Å². The molecule has 0 aliphatic heterocycles. The van der Waals surface area contributed by atoms with E-state index in [1.165, 1.54) is 24.4 Å². The largest absolute Gasteiger partial charge is 0.367 e. The minimum Gasteiger partial charge on any atom is -0.367 e. The molecule has 0 aromatic carbocycles. The third-order valence-electron chi connectivity index (χ3n) is 2.59. The minimum absolute atomic E-state index is 0.358. The number of anilines is 2. The highest BCUT2D eigenvalue weighted by atomic mass is 32.1. The molecule has 84 valence electrons. The third kappa shape index (κ3) is 3.04. The molecule has 0 amide bonds. The fraction of sp³-hybridized carbons (Fsp3) is 0.778. The summed E-state index contributed by atoms with van der Waals surface area (Å²) >= 11 is 1.32. The van der Waals surface area contributed by atoms with Crippen LogP contribution in [-0.2, 0) is 0 Å². The summed E-state index contributed by atoms with van der Waals surface area (Å²) in [5.74, 6) is 0.358. The second-order valence-electron chi connectivity index (χ2n) is 3.74. The molecule has 1 saturated carbocycles. The van der Waals surface area contributed by atoms with Crippen molar-refractivity contribution in [1.29, 1.82) is 0 Å². The summed E-state index contributed by atoms with van der Waals surface area (Å²) in [6, 6.07) is 0.830. The van der Waals surface area contributed by atoms with Crippen LogP contribution in [0.15, 0.2) is 0 Å². The molecule has 2 rings (SSSR count). The van der Waals surface area contributed by atoms with Gasteiger partial charge in [0.05, 0.1) is 0 Å². The first-order valence-electron chi connectivity index (χ1n) is 5.36. The van der Waals surface area contributed by atoms with Gasteiger partial charge in [-0.2, -0.15) is 9.36 Å². The number of aromatic nitrogens is 2. The van der Waals surface area contributed by atoms with Crippen molar-refractivity contribution in [3.05, 3.63) is 0 Å². The molecule has 0 spiro atoms. The Morgan fingerprint density at radius 1 is 1.60 bits per heavy atom. The number of hydrogen-bond acceptors (Lipinski definition) is 6. The zero-order valence-corrected chi connectivity index (χ0v) is 9.76. The van der Waals surface area contributed by atoms with Crippen LogP contribution in [0.2, 0.25) is 0 Å². The second-order valence-corrected chi connectivity index (χ2v) is 4.50. The number of nitrogen functional groups attached to an aromatic ring is 1. The van der Waals surface area contributed by atoms with E-state index in [1.54, 1.807) is 0 Å². The van der Waals surface area contributed by atoms with Crippen LogP contribution >= 0.6 is 11.5 Å². The third-order valence-corrected chi connectivity index (χ3v) is 3.27. The van der Waals surface area contributed by atoms with Crippen LogP contribution in [0.4, 0.5) is 11.1 Å². The zero-order valence-electron chi connectivity index (χ0n) is 8.94. The number of nitrogens with two attached hydrogens (primary N) is 1. The molecule has 0 bridgehead atoms. The molecule has 0 radical (unpaired) electrons. The van der Waals surface area contributed by atoms with E-state index in [9.17, 15) is 0 Å². The van der Waals surface area contributed by atoms with E-state index in [1.807, 2.05) is 0 Å². The fourth-order valence-corrected chi connectivity index (χ4v) is 2.17. The Balaban J connectivity index is 1.69. The van der Waals surface area contributed by atoms with Crippen molar-refractivity contribution >= 4 is 22.6 Å². The summed E-state index contributed by atoms with van der Waals surface area (Å²) in [6.45, 7) is 5.32. The van der Waals surface area contributed by atoms with Gasteiger partial charge in [-0.25, -0.2) is 0 Å². The van der Waals surface area contributed by atoms with E-state index >= 15 is 0 Å². The Labute approximate surface area is 93.9 Å². The highest BCUT2D eigenvalue weighted by Crippen LogP contribution is 2.26. The van der Waals surface area contributed by atoms with E-state index in [0.717, 1.165) is 30.8 Å². The van der Waals surface area contributed by atoms with E-state index in [2.05, 4.69) is 26.5 Å². The first kappa shape index (κ1) is 10.6. The van der Waals surface area contributed by atoms with Gasteiger partial charge in [0.2, 0.25) is 11.1 Å². The van der Waals surface area contributed by atoms with Gasteiger partial charge >= 0.3 is 0 Å². The first-order chi connectivity index (χ1) is 7.29. The summed E-state index contributed by atoms with van der Waals surface area (Å²) in [5.41, 5.74) is 5.43. The molecule has 6 heteroatoms. The Morgan fingerprint density at radius 3 is 2.93 bits per heavy atom. The second kappa shape index (κ2) is 4.76. The molecule has 1 fully saturated rings. The standard InChI is InChI=1S/C9H17N5S/c1-2-14(7-3-4-7)6-5-11-9-12-8(10)13-15-9/h7H,2-6H2,1H3,(H3,10,11,12,13). The first-order valence-corrected chi connectivity index (χ1v) is 6.14. The van der Waals surface area contributed by atoms with E-state index in [-0.39, 0.29) is 0 Å². The molecule has 1 aromatic rings. The lowest BCUT2D eigenvalue weighted by Crippen LogP contribution is -2.30. The molecule has 5 nitrogen and oxygen atoms in total. The molecular weight excluding hydrogens is 210 g/mol. The van der Waals surface area contributed by atoms with Gasteiger partial charge in [0.15, 0.2) is 0 Å². The number of nitrogens with one attached hydrogen (secondary N) is 1. The summed E-state index contributed by atoms with van der Waals surface area (Å²) in [7, 11) is 0. The van der Waals surface area contributed by atoms with Crippen LogP contribution in [-0.4, -0.2) is 39.9 Å². The van der Waals surface area contributed by atoms with Crippen LogP contribution in [0.25, 0.3) is 0 Å². The minimum atomic E-state index is 0.358. The number of likely N-dealkylation sites (N-methyl/N-ethyl adjacent to an activating group) is 1. The van der Waals surface area contributed by atoms with Crippen molar-refractivity contribution in [2.24, 2.45) is 0 Å². The summed E-state index contributed by atoms with van der Waals surface area (Å²) < 4.78 is 3.91. The van der Waals surface area contributed by atoms with Crippen molar-refractivity contribution < 1.29 is 0 Å². The van der Waals surface area contributed by atoms with Gasteiger partial charge in [-0.15, -0.1) is 0 Å². The summed E-state index contributed by atoms with van der Waals surface area (Å²) in [4.78, 5) is 6.55. The maximum atomic E-state index is 5.43. The van der Waals surface area contributed by atoms with Gasteiger partial charge < -0.3 is 11.1 Å². The predicted molar refractivity (Wildman–Crippen MR) is 63.1 cm³/mol. The van der Waals surface area contributed by atoms with Crippen LogP contribution < -0.4 is 11.1 Å². The van der Waals surface area contributed by atoms with E-state index in [0.29, 0.717) is 5.95 Å². The van der Waals surface area contributed by atoms with Gasteiger partial charge in [0.1, 0.15) is 0 Å². The molecule has 15 heavy (non-hydrogen) atoms.